The molecule has 0 saturated carbocycles. The Labute approximate surface area is 119 Å². The molecular weight excluding hydrogens is 252 g/mol. The largest absolute Gasteiger partial charge is 0.384 e. The number of hydrogen-bond donors (Lipinski definition) is 2. The van der Waals surface area contributed by atoms with Gasteiger partial charge in [0.05, 0.1) is 35.7 Å². The molecule has 1 aromatic heterocycles. The SMILES string of the molecule is CCCNc1cncc(N2CCCC3C(=O)NCC32)c1. The lowest BCUT2D eigenvalue weighted by Gasteiger charge is -2.37. The molecule has 5 heteroatoms. The van der Waals surface area contributed by atoms with Crippen molar-refractivity contribution in [1.29, 1.82) is 0 Å². The first-order chi connectivity index (χ1) is 9.79. The van der Waals surface area contributed by atoms with Crippen LogP contribution in [0.4, 0.5) is 11.4 Å². The van der Waals surface area contributed by atoms with Crippen LogP contribution in [-0.2, 0) is 4.79 Å². The lowest BCUT2D eigenvalue weighted by atomic mass is 9.91. The van der Waals surface area contributed by atoms with Gasteiger partial charge in [0, 0.05) is 19.6 Å². The van der Waals surface area contributed by atoms with Gasteiger partial charge < -0.3 is 15.5 Å². The summed E-state index contributed by atoms with van der Waals surface area (Å²) in [6.07, 6.45) is 6.94. The molecular formula is C15H22N4O. The van der Waals surface area contributed by atoms with Gasteiger partial charge in [0.25, 0.3) is 0 Å². The summed E-state index contributed by atoms with van der Waals surface area (Å²) >= 11 is 0. The highest BCUT2D eigenvalue weighted by molar-refractivity contribution is 5.83. The van der Waals surface area contributed by atoms with Crippen molar-refractivity contribution in [2.45, 2.75) is 32.2 Å². The normalized spacial score (nSPS) is 25.2. The highest BCUT2D eigenvalue weighted by Gasteiger charge is 2.40. The first-order valence-electron chi connectivity index (χ1n) is 7.53. The minimum Gasteiger partial charge on any atom is -0.384 e. The fourth-order valence-electron chi connectivity index (χ4n) is 3.22. The second-order valence-corrected chi connectivity index (χ2v) is 5.61. The maximum Gasteiger partial charge on any atom is 0.225 e. The van der Waals surface area contributed by atoms with E-state index >= 15 is 0 Å². The van der Waals surface area contributed by atoms with Crippen LogP contribution < -0.4 is 15.5 Å². The number of pyridine rings is 1. The highest BCUT2D eigenvalue weighted by atomic mass is 16.2. The number of piperidine rings is 1. The van der Waals surface area contributed by atoms with Gasteiger partial charge in [0.2, 0.25) is 5.91 Å². The van der Waals surface area contributed by atoms with Gasteiger partial charge in [-0.05, 0) is 25.3 Å². The molecule has 2 unspecified atom stereocenters. The van der Waals surface area contributed by atoms with Gasteiger partial charge in [-0.15, -0.1) is 0 Å². The van der Waals surface area contributed by atoms with Crippen molar-refractivity contribution in [2.24, 2.45) is 5.92 Å². The fourth-order valence-corrected chi connectivity index (χ4v) is 3.22. The van der Waals surface area contributed by atoms with Crippen molar-refractivity contribution in [3.8, 4) is 0 Å². The number of aromatic nitrogens is 1. The van der Waals surface area contributed by atoms with E-state index in [0.29, 0.717) is 6.04 Å². The quantitative estimate of drug-likeness (QED) is 0.876. The number of carbonyl (C=O) groups excluding carboxylic acids is 1. The molecule has 5 nitrogen and oxygen atoms in total. The van der Waals surface area contributed by atoms with Crippen LogP contribution in [0.25, 0.3) is 0 Å². The molecule has 0 spiro atoms. The molecule has 2 atom stereocenters. The Morgan fingerprint density at radius 3 is 3.25 bits per heavy atom. The van der Waals surface area contributed by atoms with Crippen LogP contribution in [0.5, 0.6) is 0 Å². The molecule has 0 aliphatic carbocycles. The maximum absolute atomic E-state index is 11.8. The van der Waals surface area contributed by atoms with Crippen molar-refractivity contribution in [1.82, 2.24) is 10.3 Å². The predicted molar refractivity (Wildman–Crippen MR) is 79.9 cm³/mol. The van der Waals surface area contributed by atoms with E-state index in [1.165, 1.54) is 0 Å². The van der Waals surface area contributed by atoms with E-state index in [1.54, 1.807) is 0 Å². The Bertz CT molecular complexity index is 491. The number of rotatable bonds is 4. The molecule has 2 aliphatic heterocycles. The molecule has 108 valence electrons. The monoisotopic (exact) mass is 274 g/mol. The Balaban J connectivity index is 1.79. The number of hydrogen-bond acceptors (Lipinski definition) is 4. The topological polar surface area (TPSA) is 57.3 Å². The van der Waals surface area contributed by atoms with Crippen LogP contribution in [0, 0.1) is 5.92 Å². The highest BCUT2D eigenvalue weighted by Crippen LogP contribution is 2.32. The van der Waals surface area contributed by atoms with Crippen LogP contribution in [0.15, 0.2) is 18.5 Å². The van der Waals surface area contributed by atoms with Gasteiger partial charge in [-0.1, -0.05) is 6.92 Å². The van der Waals surface area contributed by atoms with Gasteiger partial charge in [-0.25, -0.2) is 0 Å². The van der Waals surface area contributed by atoms with E-state index in [0.717, 1.165) is 50.3 Å². The van der Waals surface area contributed by atoms with Crippen molar-refractivity contribution < 1.29 is 4.79 Å². The molecule has 1 aromatic rings. The number of carbonyl (C=O) groups is 1. The molecule has 3 heterocycles. The van der Waals surface area contributed by atoms with Crippen molar-refractivity contribution in [3.05, 3.63) is 18.5 Å². The van der Waals surface area contributed by atoms with E-state index in [-0.39, 0.29) is 11.8 Å². The standard InChI is InChI=1S/C15H22N4O/c1-2-5-17-11-7-12(9-16-8-11)19-6-3-4-13-14(19)10-18-15(13)20/h7-9,13-14,17H,2-6,10H2,1H3,(H,18,20). The van der Waals surface area contributed by atoms with E-state index in [1.807, 2.05) is 12.4 Å². The third-order valence-corrected chi connectivity index (χ3v) is 4.24. The molecule has 20 heavy (non-hydrogen) atoms. The summed E-state index contributed by atoms with van der Waals surface area (Å²) in [6.45, 7) is 4.87. The van der Waals surface area contributed by atoms with Crippen molar-refractivity contribution in [3.63, 3.8) is 0 Å². The lowest BCUT2D eigenvalue weighted by Crippen LogP contribution is -2.45. The molecule has 2 aliphatic rings. The molecule has 1 amide bonds. The molecule has 2 N–H and O–H groups in total. The van der Waals surface area contributed by atoms with E-state index < -0.39 is 0 Å². The minimum absolute atomic E-state index is 0.149. The van der Waals surface area contributed by atoms with Crippen LogP contribution in [-0.4, -0.2) is 36.6 Å². The fraction of sp³-hybridized carbons (Fsp3) is 0.600. The van der Waals surface area contributed by atoms with E-state index in [2.05, 4.69) is 33.5 Å². The summed E-state index contributed by atoms with van der Waals surface area (Å²) in [6, 6.07) is 2.44. The predicted octanol–water partition coefficient (Wildman–Crippen LogP) is 1.62. The average molecular weight is 274 g/mol. The second-order valence-electron chi connectivity index (χ2n) is 5.61. The average Bonchev–Trinajstić information content (AvgIpc) is 2.87. The van der Waals surface area contributed by atoms with Crippen LogP contribution >= 0.6 is 0 Å². The summed E-state index contributed by atoms with van der Waals surface area (Å²) in [4.78, 5) is 18.5. The van der Waals surface area contributed by atoms with Gasteiger partial charge >= 0.3 is 0 Å². The first-order valence-corrected chi connectivity index (χ1v) is 7.53. The van der Waals surface area contributed by atoms with Crippen LogP contribution in [0.3, 0.4) is 0 Å². The Morgan fingerprint density at radius 2 is 2.40 bits per heavy atom. The molecule has 3 rings (SSSR count). The summed E-state index contributed by atoms with van der Waals surface area (Å²) in [5.41, 5.74) is 2.18. The van der Waals surface area contributed by atoms with Gasteiger partial charge in [0.15, 0.2) is 0 Å². The summed E-state index contributed by atoms with van der Waals surface area (Å²) in [5.74, 6) is 0.365. The number of fused-ring (bicyclic) bond motifs is 1. The zero-order valence-corrected chi connectivity index (χ0v) is 11.9. The lowest BCUT2D eigenvalue weighted by molar-refractivity contribution is -0.122. The number of nitrogens with zero attached hydrogens (tertiary/aromatic N) is 2. The van der Waals surface area contributed by atoms with E-state index in [4.69, 9.17) is 0 Å². The van der Waals surface area contributed by atoms with Crippen molar-refractivity contribution >= 4 is 17.3 Å². The Morgan fingerprint density at radius 1 is 1.50 bits per heavy atom. The molecule has 2 fully saturated rings. The molecule has 0 radical (unpaired) electrons. The van der Waals surface area contributed by atoms with Gasteiger partial charge in [-0.3, -0.25) is 9.78 Å². The number of anilines is 2. The minimum atomic E-state index is 0.149. The third-order valence-electron chi connectivity index (χ3n) is 4.24. The summed E-state index contributed by atoms with van der Waals surface area (Å²) < 4.78 is 0. The maximum atomic E-state index is 11.8. The molecule has 2 saturated heterocycles. The van der Waals surface area contributed by atoms with E-state index in [9.17, 15) is 4.79 Å². The third kappa shape index (κ3) is 2.44. The zero-order chi connectivity index (χ0) is 13.9. The smallest absolute Gasteiger partial charge is 0.225 e. The van der Waals surface area contributed by atoms with Crippen LogP contribution in [0.1, 0.15) is 26.2 Å². The van der Waals surface area contributed by atoms with Crippen LogP contribution in [0.2, 0.25) is 0 Å². The van der Waals surface area contributed by atoms with Crippen molar-refractivity contribution in [2.75, 3.05) is 29.9 Å². The number of amides is 1. The Kier molecular flexibility index (Phi) is 3.76. The summed E-state index contributed by atoms with van der Waals surface area (Å²) in [5, 5.41) is 6.36. The van der Waals surface area contributed by atoms with Gasteiger partial charge in [-0.2, -0.15) is 0 Å². The van der Waals surface area contributed by atoms with Gasteiger partial charge in [0.1, 0.15) is 0 Å². The zero-order valence-electron chi connectivity index (χ0n) is 11.9. The molecule has 0 bridgehead atoms. The number of nitrogens with one attached hydrogen (secondary N) is 2. The molecule has 0 aromatic carbocycles. The Hall–Kier alpha value is -1.78. The summed E-state index contributed by atoms with van der Waals surface area (Å²) in [7, 11) is 0. The first kappa shape index (κ1) is 13.2. The second kappa shape index (κ2) is 5.69.